The van der Waals surface area contributed by atoms with Crippen molar-refractivity contribution in [2.45, 2.75) is 13.8 Å². The molecule has 0 radical (unpaired) electrons. The first-order chi connectivity index (χ1) is 7.74. The van der Waals surface area contributed by atoms with Gasteiger partial charge in [0.2, 0.25) is 0 Å². The number of hydrogen-bond acceptors (Lipinski definition) is 2. The van der Waals surface area contributed by atoms with Gasteiger partial charge in [-0.1, -0.05) is 44.2 Å². The summed E-state index contributed by atoms with van der Waals surface area (Å²) >= 11 is 0. The van der Waals surface area contributed by atoms with Crippen LogP contribution in [0.2, 0.25) is 0 Å². The highest BCUT2D eigenvalue weighted by molar-refractivity contribution is 5.85. The van der Waals surface area contributed by atoms with Crippen molar-refractivity contribution in [1.29, 1.82) is 0 Å². The van der Waals surface area contributed by atoms with Gasteiger partial charge in [-0.05, 0) is 18.7 Å². The maximum Gasteiger partial charge on any atom is 0.0709 e. The van der Waals surface area contributed by atoms with Crippen LogP contribution in [0.15, 0.2) is 46.4 Å². The third-order valence-corrected chi connectivity index (χ3v) is 2.05. The summed E-state index contributed by atoms with van der Waals surface area (Å²) in [6, 6.07) is 9.98. The first-order valence-electron chi connectivity index (χ1n) is 5.46. The molecule has 0 bridgehead atoms. The Morgan fingerprint density at radius 2 is 2.00 bits per heavy atom. The van der Waals surface area contributed by atoms with Crippen LogP contribution in [-0.2, 0) is 0 Å². The highest BCUT2D eigenvalue weighted by Crippen LogP contribution is 2.13. The molecule has 16 heavy (non-hydrogen) atoms. The third-order valence-electron chi connectivity index (χ3n) is 2.05. The van der Waals surface area contributed by atoms with E-state index in [4.69, 9.17) is 0 Å². The Morgan fingerprint density at radius 3 is 2.56 bits per heavy atom. The zero-order valence-electron chi connectivity index (χ0n) is 9.93. The average molecular weight is 214 g/mol. The monoisotopic (exact) mass is 214 g/mol. The van der Waals surface area contributed by atoms with E-state index in [0.717, 1.165) is 17.8 Å². The number of rotatable bonds is 5. The Balaban J connectivity index is 2.72. The molecule has 1 aromatic carbocycles. The number of nitrogens with zero attached hydrogens (tertiary/aromatic N) is 2. The van der Waals surface area contributed by atoms with E-state index in [9.17, 15) is 0 Å². The fourth-order valence-electron chi connectivity index (χ4n) is 1.24. The molecule has 0 unspecified atom stereocenters. The molecule has 1 aromatic rings. The first-order valence-corrected chi connectivity index (χ1v) is 5.46. The predicted molar refractivity (Wildman–Crippen MR) is 72.2 cm³/mol. The fraction of sp³-hybridized carbons (Fsp3) is 0.286. The molecule has 0 aliphatic carbocycles. The van der Waals surface area contributed by atoms with Crippen LogP contribution in [0.25, 0.3) is 5.70 Å². The van der Waals surface area contributed by atoms with E-state index in [1.54, 1.807) is 6.21 Å². The average Bonchev–Trinajstić information content (AvgIpc) is 2.30. The molecule has 2 heteroatoms. The Hall–Kier alpha value is -1.70. The highest BCUT2D eigenvalue weighted by Gasteiger charge is 1.95. The van der Waals surface area contributed by atoms with Gasteiger partial charge in [-0.15, -0.1) is 0 Å². The maximum absolute atomic E-state index is 4.29. The van der Waals surface area contributed by atoms with Gasteiger partial charge in [0.05, 0.1) is 5.70 Å². The minimum absolute atomic E-state index is 0.585. The molecule has 0 fully saturated rings. The molecule has 0 atom stereocenters. The summed E-state index contributed by atoms with van der Waals surface area (Å²) in [6.07, 6.45) is 3.70. The number of benzene rings is 1. The van der Waals surface area contributed by atoms with E-state index in [1.165, 1.54) is 0 Å². The van der Waals surface area contributed by atoms with Gasteiger partial charge in [0, 0.05) is 18.3 Å². The van der Waals surface area contributed by atoms with Crippen LogP contribution in [0.1, 0.15) is 19.4 Å². The van der Waals surface area contributed by atoms with Gasteiger partial charge in [0.1, 0.15) is 0 Å². The predicted octanol–water partition coefficient (Wildman–Crippen LogP) is 3.45. The van der Waals surface area contributed by atoms with Gasteiger partial charge in [0.15, 0.2) is 0 Å². The Kier molecular flexibility index (Phi) is 5.20. The Morgan fingerprint density at radius 1 is 1.31 bits per heavy atom. The summed E-state index contributed by atoms with van der Waals surface area (Å²) in [5, 5.41) is 0. The largest absolute Gasteiger partial charge is 0.293 e. The maximum atomic E-state index is 4.29. The van der Waals surface area contributed by atoms with Gasteiger partial charge in [-0.25, -0.2) is 0 Å². The lowest BCUT2D eigenvalue weighted by molar-refractivity contribution is 0.667. The van der Waals surface area contributed by atoms with E-state index in [-0.39, 0.29) is 0 Å². The Labute approximate surface area is 97.5 Å². The third kappa shape index (κ3) is 4.22. The van der Waals surface area contributed by atoms with Crippen LogP contribution in [0.3, 0.4) is 0 Å². The lowest BCUT2D eigenvalue weighted by Gasteiger charge is -1.99. The summed E-state index contributed by atoms with van der Waals surface area (Å²) < 4.78 is 0. The van der Waals surface area contributed by atoms with Crippen molar-refractivity contribution in [3.63, 3.8) is 0 Å². The Bertz CT molecular complexity index is 375. The quantitative estimate of drug-likeness (QED) is 0.671. The van der Waals surface area contributed by atoms with Gasteiger partial charge < -0.3 is 0 Å². The molecule has 0 saturated carbocycles. The first kappa shape index (κ1) is 12.4. The van der Waals surface area contributed by atoms with Crippen molar-refractivity contribution >= 4 is 18.6 Å². The number of aliphatic imine (C=N–C) groups is 2. The molecule has 0 aliphatic heterocycles. The SMILES string of the molecule is C=N/C(=C\C=NCC(C)C)c1ccccc1. The van der Waals surface area contributed by atoms with Gasteiger partial charge in [-0.3, -0.25) is 9.98 Å². The molecule has 1 rings (SSSR count). The minimum atomic E-state index is 0.585. The molecule has 0 heterocycles. The van der Waals surface area contributed by atoms with Crippen LogP contribution in [0, 0.1) is 5.92 Å². The standard InChI is InChI=1S/C14H18N2/c1-12(2)11-16-10-9-14(15-3)13-7-5-4-6-8-13/h4-10,12H,3,11H2,1-2H3/b14-9-,16-10?. The van der Waals surface area contributed by atoms with E-state index in [1.807, 2.05) is 36.4 Å². The highest BCUT2D eigenvalue weighted by atomic mass is 14.7. The van der Waals surface area contributed by atoms with E-state index in [0.29, 0.717) is 5.92 Å². The van der Waals surface area contributed by atoms with Gasteiger partial charge in [-0.2, -0.15) is 0 Å². The second kappa shape index (κ2) is 6.72. The van der Waals surface area contributed by atoms with Crippen molar-refractivity contribution in [3.8, 4) is 0 Å². The summed E-state index contributed by atoms with van der Waals surface area (Å²) in [5.41, 5.74) is 1.92. The van der Waals surface area contributed by atoms with E-state index < -0.39 is 0 Å². The summed E-state index contributed by atoms with van der Waals surface area (Å²) in [5.74, 6) is 0.585. The van der Waals surface area contributed by atoms with Gasteiger partial charge in [0.25, 0.3) is 0 Å². The van der Waals surface area contributed by atoms with E-state index in [2.05, 4.69) is 30.5 Å². The zero-order chi connectivity index (χ0) is 11.8. The fourth-order valence-corrected chi connectivity index (χ4v) is 1.24. The summed E-state index contributed by atoms with van der Waals surface area (Å²) in [6.45, 7) is 8.70. The van der Waals surface area contributed by atoms with Crippen LogP contribution in [0.5, 0.6) is 0 Å². The molecular weight excluding hydrogens is 196 g/mol. The van der Waals surface area contributed by atoms with Gasteiger partial charge >= 0.3 is 0 Å². The normalized spacial score (nSPS) is 12.3. The van der Waals surface area contributed by atoms with Crippen molar-refractivity contribution in [2.75, 3.05) is 6.54 Å². The smallest absolute Gasteiger partial charge is 0.0709 e. The second-order valence-corrected chi connectivity index (χ2v) is 3.98. The minimum Gasteiger partial charge on any atom is -0.293 e. The lowest BCUT2D eigenvalue weighted by Crippen LogP contribution is -1.91. The molecule has 0 aromatic heterocycles. The number of allylic oxidation sites excluding steroid dienone is 1. The summed E-state index contributed by atoms with van der Waals surface area (Å²) in [4.78, 5) is 8.29. The van der Waals surface area contributed by atoms with Crippen LogP contribution in [-0.4, -0.2) is 19.5 Å². The van der Waals surface area contributed by atoms with Crippen molar-refractivity contribution < 1.29 is 0 Å². The van der Waals surface area contributed by atoms with E-state index >= 15 is 0 Å². The van der Waals surface area contributed by atoms with Crippen LogP contribution in [0.4, 0.5) is 0 Å². The molecule has 0 aliphatic rings. The summed E-state index contributed by atoms with van der Waals surface area (Å²) in [7, 11) is 0. The molecule has 84 valence electrons. The molecule has 0 saturated heterocycles. The molecular formula is C14H18N2. The lowest BCUT2D eigenvalue weighted by atomic mass is 10.1. The van der Waals surface area contributed by atoms with Crippen molar-refractivity contribution in [3.05, 3.63) is 42.0 Å². The van der Waals surface area contributed by atoms with Crippen LogP contribution < -0.4 is 0 Å². The molecule has 0 N–H and O–H groups in total. The topological polar surface area (TPSA) is 24.7 Å². The van der Waals surface area contributed by atoms with Crippen molar-refractivity contribution in [1.82, 2.24) is 0 Å². The zero-order valence-corrected chi connectivity index (χ0v) is 9.93. The molecule has 0 amide bonds. The van der Waals surface area contributed by atoms with Crippen molar-refractivity contribution in [2.24, 2.45) is 15.9 Å². The number of hydrogen-bond donors (Lipinski definition) is 0. The van der Waals surface area contributed by atoms with Crippen LogP contribution >= 0.6 is 0 Å². The second-order valence-electron chi connectivity index (χ2n) is 3.98. The molecule has 0 spiro atoms. The molecule has 2 nitrogen and oxygen atoms in total.